The minimum absolute atomic E-state index is 0.333. The zero-order valence-corrected chi connectivity index (χ0v) is 18.3. The van der Waals surface area contributed by atoms with Crippen molar-refractivity contribution in [3.05, 3.63) is 122 Å². The van der Waals surface area contributed by atoms with E-state index in [9.17, 15) is 9.59 Å². The predicted molar refractivity (Wildman–Crippen MR) is 126 cm³/mol. The number of aromatic nitrogens is 1. The topological polar surface area (TPSA) is 47.0 Å². The summed E-state index contributed by atoms with van der Waals surface area (Å²) in [7, 11) is 0. The van der Waals surface area contributed by atoms with Crippen molar-refractivity contribution in [2.75, 3.05) is 0 Å². The fourth-order valence-electron chi connectivity index (χ4n) is 2.83. The SMILES string of the molecule is Cc1cc(=O)c1=O.Cc1ccccc1-c1cccc(C(C)C)c1.Cc1ccncc1. The van der Waals surface area contributed by atoms with Gasteiger partial charge in [0.25, 0.3) is 0 Å². The molecule has 0 unspecified atom stereocenters. The number of hydrogen-bond acceptors (Lipinski definition) is 3. The van der Waals surface area contributed by atoms with Gasteiger partial charge < -0.3 is 0 Å². The van der Waals surface area contributed by atoms with Crippen LogP contribution in [0.3, 0.4) is 0 Å². The Hall–Kier alpha value is -3.33. The summed E-state index contributed by atoms with van der Waals surface area (Å²) in [5, 5.41) is 0. The van der Waals surface area contributed by atoms with E-state index in [0.29, 0.717) is 11.5 Å². The summed E-state index contributed by atoms with van der Waals surface area (Å²) in [6, 6.07) is 22.7. The molecular weight excluding hydrogens is 370 g/mol. The van der Waals surface area contributed by atoms with Gasteiger partial charge in [0, 0.05) is 18.0 Å². The standard InChI is InChI=1S/C16H18.C6H7N.C5H4O2/c1-12(2)14-8-6-9-15(11-14)16-10-5-4-7-13(16)3;1-6-2-4-7-5-3-6;1-3-2-4(6)5(3)7/h4-12H,1-3H3;2-5H,1H3;2H,1H3. The van der Waals surface area contributed by atoms with Crippen molar-refractivity contribution in [2.24, 2.45) is 0 Å². The molecule has 0 aliphatic rings. The Balaban J connectivity index is 0.000000188. The zero-order valence-electron chi connectivity index (χ0n) is 18.3. The van der Waals surface area contributed by atoms with Crippen LogP contribution >= 0.6 is 0 Å². The Labute approximate surface area is 178 Å². The molecule has 3 heteroatoms. The van der Waals surface area contributed by atoms with Gasteiger partial charge in [-0.1, -0.05) is 62.4 Å². The summed E-state index contributed by atoms with van der Waals surface area (Å²) in [5.41, 5.74) is 6.54. The smallest absolute Gasteiger partial charge is 0.228 e. The zero-order chi connectivity index (χ0) is 22.1. The lowest BCUT2D eigenvalue weighted by atomic mass is 9.95. The predicted octanol–water partition coefficient (Wildman–Crippen LogP) is 5.77. The van der Waals surface area contributed by atoms with Gasteiger partial charge in [0.05, 0.1) is 0 Å². The molecule has 0 fully saturated rings. The largest absolute Gasteiger partial charge is 0.286 e. The van der Waals surface area contributed by atoms with Crippen molar-refractivity contribution in [1.29, 1.82) is 0 Å². The number of benzene rings is 2. The first kappa shape index (κ1) is 23.0. The van der Waals surface area contributed by atoms with E-state index in [-0.39, 0.29) is 10.9 Å². The molecule has 4 aromatic rings. The molecule has 3 aromatic carbocycles. The van der Waals surface area contributed by atoms with Gasteiger partial charge in [0.1, 0.15) is 0 Å². The van der Waals surface area contributed by atoms with E-state index < -0.39 is 0 Å². The molecule has 0 N–H and O–H groups in total. The third-order valence-electron chi connectivity index (χ3n) is 4.79. The molecule has 1 heterocycles. The average molecular weight is 400 g/mol. The first-order valence-electron chi connectivity index (χ1n) is 10.1. The molecule has 0 aliphatic heterocycles. The van der Waals surface area contributed by atoms with Crippen molar-refractivity contribution in [3.8, 4) is 11.1 Å². The van der Waals surface area contributed by atoms with E-state index in [1.54, 1.807) is 19.3 Å². The minimum Gasteiger partial charge on any atom is -0.286 e. The molecule has 0 atom stereocenters. The Kier molecular flexibility index (Phi) is 8.42. The molecule has 3 nitrogen and oxygen atoms in total. The summed E-state index contributed by atoms with van der Waals surface area (Å²) in [5.74, 6) is 0.587. The van der Waals surface area contributed by atoms with E-state index in [1.165, 1.54) is 33.9 Å². The Morgan fingerprint density at radius 3 is 1.83 bits per heavy atom. The molecule has 0 radical (unpaired) electrons. The van der Waals surface area contributed by atoms with Gasteiger partial charge in [-0.25, -0.2) is 0 Å². The van der Waals surface area contributed by atoms with Crippen LogP contribution in [0.15, 0.2) is 88.7 Å². The van der Waals surface area contributed by atoms with Crippen LogP contribution in [0, 0.1) is 20.8 Å². The molecule has 0 bridgehead atoms. The van der Waals surface area contributed by atoms with Crippen LogP contribution in [-0.2, 0) is 0 Å². The monoisotopic (exact) mass is 399 g/mol. The summed E-state index contributed by atoms with van der Waals surface area (Å²) in [4.78, 5) is 24.0. The third kappa shape index (κ3) is 6.63. The van der Waals surface area contributed by atoms with Crippen molar-refractivity contribution in [3.63, 3.8) is 0 Å². The van der Waals surface area contributed by atoms with Crippen molar-refractivity contribution >= 4 is 0 Å². The maximum Gasteiger partial charge on any atom is 0.228 e. The van der Waals surface area contributed by atoms with Crippen LogP contribution in [0.2, 0.25) is 0 Å². The summed E-state index contributed by atoms with van der Waals surface area (Å²) >= 11 is 0. The van der Waals surface area contributed by atoms with Crippen LogP contribution < -0.4 is 10.9 Å². The van der Waals surface area contributed by atoms with Crippen LogP contribution in [0.4, 0.5) is 0 Å². The lowest BCUT2D eigenvalue weighted by Gasteiger charge is -2.10. The van der Waals surface area contributed by atoms with Crippen LogP contribution in [-0.4, -0.2) is 4.98 Å². The first-order chi connectivity index (χ1) is 14.3. The van der Waals surface area contributed by atoms with Gasteiger partial charge in [0.15, 0.2) is 0 Å². The maximum absolute atomic E-state index is 10.1. The summed E-state index contributed by atoms with van der Waals surface area (Å²) in [6.07, 6.45) is 3.57. The molecule has 0 saturated carbocycles. The number of pyridine rings is 1. The molecule has 0 spiro atoms. The van der Waals surface area contributed by atoms with E-state index in [4.69, 9.17) is 0 Å². The first-order valence-corrected chi connectivity index (χ1v) is 10.1. The highest BCUT2D eigenvalue weighted by Crippen LogP contribution is 2.26. The summed E-state index contributed by atoms with van der Waals surface area (Å²) < 4.78 is 0. The molecule has 30 heavy (non-hydrogen) atoms. The highest BCUT2D eigenvalue weighted by Gasteiger charge is 2.04. The summed E-state index contributed by atoms with van der Waals surface area (Å²) in [6.45, 7) is 10.3. The van der Waals surface area contributed by atoms with Crippen LogP contribution in [0.5, 0.6) is 0 Å². The molecular formula is C27H29NO2. The second-order valence-electron chi connectivity index (χ2n) is 7.64. The Morgan fingerprint density at radius 1 is 0.733 bits per heavy atom. The van der Waals surface area contributed by atoms with Crippen molar-refractivity contribution < 1.29 is 0 Å². The van der Waals surface area contributed by atoms with E-state index in [1.807, 2.05) is 19.1 Å². The lowest BCUT2D eigenvalue weighted by molar-refractivity contribution is 0.867. The second-order valence-corrected chi connectivity index (χ2v) is 7.64. The quantitative estimate of drug-likeness (QED) is 0.402. The molecule has 154 valence electrons. The van der Waals surface area contributed by atoms with E-state index >= 15 is 0 Å². The van der Waals surface area contributed by atoms with Crippen LogP contribution in [0.1, 0.15) is 42.0 Å². The van der Waals surface area contributed by atoms with Gasteiger partial charge in [-0.3, -0.25) is 14.6 Å². The maximum atomic E-state index is 10.1. The average Bonchev–Trinajstić information content (AvgIpc) is 2.75. The Morgan fingerprint density at radius 2 is 1.40 bits per heavy atom. The Bertz CT molecular complexity index is 1140. The van der Waals surface area contributed by atoms with E-state index in [2.05, 4.69) is 74.3 Å². The number of hydrogen-bond donors (Lipinski definition) is 0. The highest BCUT2D eigenvalue weighted by molar-refractivity contribution is 5.67. The third-order valence-corrected chi connectivity index (χ3v) is 4.79. The van der Waals surface area contributed by atoms with Crippen molar-refractivity contribution in [2.45, 2.75) is 40.5 Å². The lowest BCUT2D eigenvalue weighted by Crippen LogP contribution is -2.31. The molecule has 0 amide bonds. The number of aryl methyl sites for hydroxylation is 3. The van der Waals surface area contributed by atoms with E-state index in [0.717, 1.165) is 0 Å². The van der Waals surface area contributed by atoms with Gasteiger partial charge in [-0.05, 0) is 72.7 Å². The van der Waals surface area contributed by atoms with Crippen molar-refractivity contribution in [1.82, 2.24) is 4.98 Å². The fourth-order valence-corrected chi connectivity index (χ4v) is 2.83. The molecule has 1 aromatic heterocycles. The highest BCUT2D eigenvalue weighted by atomic mass is 16.2. The van der Waals surface area contributed by atoms with Gasteiger partial charge in [-0.2, -0.15) is 0 Å². The number of nitrogens with zero attached hydrogens (tertiary/aromatic N) is 1. The van der Waals surface area contributed by atoms with Crippen LogP contribution in [0.25, 0.3) is 11.1 Å². The van der Waals surface area contributed by atoms with Gasteiger partial charge in [0.2, 0.25) is 10.9 Å². The molecule has 4 rings (SSSR count). The molecule has 0 aliphatic carbocycles. The molecule has 0 saturated heterocycles. The van der Waals surface area contributed by atoms with Gasteiger partial charge in [-0.15, -0.1) is 0 Å². The fraction of sp³-hybridized carbons (Fsp3) is 0.222. The van der Waals surface area contributed by atoms with Gasteiger partial charge >= 0.3 is 0 Å². The minimum atomic E-state index is -0.363. The second kappa shape index (κ2) is 11.0. The normalized spacial score (nSPS) is 10.1. The number of rotatable bonds is 2.